The SMILES string of the molecule is COc1ccc(C(=O)O)c(OCCC(F)(F)F)c1. The molecule has 0 heterocycles. The standard InChI is InChI=1S/C11H11F3O4/c1-17-7-2-3-8(10(15)16)9(6-7)18-5-4-11(12,13)14/h2-3,6H,4-5H2,1H3,(H,15,16). The summed E-state index contributed by atoms with van der Waals surface area (Å²) in [6, 6.07) is 3.84. The highest BCUT2D eigenvalue weighted by molar-refractivity contribution is 5.91. The normalized spacial score (nSPS) is 11.1. The molecule has 0 aromatic heterocycles. The number of carboxylic acid groups (broad SMARTS) is 1. The molecule has 0 aliphatic rings. The number of hydrogen-bond acceptors (Lipinski definition) is 3. The van der Waals surface area contributed by atoms with E-state index in [0.29, 0.717) is 5.75 Å². The minimum absolute atomic E-state index is 0.147. The predicted molar refractivity (Wildman–Crippen MR) is 56.1 cm³/mol. The average Bonchev–Trinajstić information content (AvgIpc) is 2.26. The fourth-order valence-corrected chi connectivity index (χ4v) is 1.20. The van der Waals surface area contributed by atoms with E-state index in [1.807, 2.05) is 0 Å². The molecule has 0 unspecified atom stereocenters. The molecule has 0 radical (unpaired) electrons. The van der Waals surface area contributed by atoms with E-state index in [0.717, 1.165) is 0 Å². The maximum absolute atomic E-state index is 11.9. The lowest BCUT2D eigenvalue weighted by Gasteiger charge is -2.11. The number of carboxylic acids is 1. The number of rotatable bonds is 5. The third-order valence-corrected chi connectivity index (χ3v) is 2.06. The Morgan fingerprint density at radius 2 is 2.06 bits per heavy atom. The summed E-state index contributed by atoms with van der Waals surface area (Å²) in [5.74, 6) is -1.12. The highest BCUT2D eigenvalue weighted by atomic mass is 19.4. The Labute approximate surface area is 101 Å². The maximum Gasteiger partial charge on any atom is 0.392 e. The number of ether oxygens (including phenoxy) is 2. The number of carbonyl (C=O) groups is 1. The van der Waals surface area contributed by atoms with Crippen LogP contribution in [0.5, 0.6) is 11.5 Å². The van der Waals surface area contributed by atoms with E-state index in [9.17, 15) is 18.0 Å². The molecule has 0 aliphatic heterocycles. The molecule has 0 fully saturated rings. The maximum atomic E-state index is 11.9. The topological polar surface area (TPSA) is 55.8 Å². The zero-order valence-electron chi connectivity index (χ0n) is 9.45. The van der Waals surface area contributed by atoms with Gasteiger partial charge in [0.2, 0.25) is 0 Å². The van der Waals surface area contributed by atoms with Gasteiger partial charge >= 0.3 is 12.1 Å². The van der Waals surface area contributed by atoms with Crippen molar-refractivity contribution in [2.24, 2.45) is 0 Å². The molecule has 1 aromatic rings. The molecule has 0 atom stereocenters. The summed E-state index contributed by atoms with van der Waals surface area (Å²) in [7, 11) is 1.36. The van der Waals surface area contributed by atoms with Crippen LogP contribution in [0.1, 0.15) is 16.8 Å². The first-order chi connectivity index (χ1) is 8.33. The van der Waals surface area contributed by atoms with Crippen molar-refractivity contribution in [3.63, 3.8) is 0 Å². The van der Waals surface area contributed by atoms with Gasteiger partial charge in [-0.25, -0.2) is 4.79 Å². The Bertz CT molecular complexity index is 429. The molecule has 4 nitrogen and oxygen atoms in total. The lowest BCUT2D eigenvalue weighted by molar-refractivity contribution is -0.139. The Hall–Kier alpha value is -1.92. The molecule has 1 aromatic carbocycles. The van der Waals surface area contributed by atoms with E-state index in [1.165, 1.54) is 25.3 Å². The van der Waals surface area contributed by atoms with Crippen LogP contribution < -0.4 is 9.47 Å². The second kappa shape index (κ2) is 5.61. The van der Waals surface area contributed by atoms with Crippen molar-refractivity contribution in [3.05, 3.63) is 23.8 Å². The van der Waals surface area contributed by atoms with Gasteiger partial charge in [-0.15, -0.1) is 0 Å². The number of halogens is 3. The van der Waals surface area contributed by atoms with E-state index < -0.39 is 25.2 Å². The summed E-state index contributed by atoms with van der Waals surface area (Å²) in [5, 5.41) is 8.85. The summed E-state index contributed by atoms with van der Waals surface area (Å²) in [5.41, 5.74) is -0.210. The minimum atomic E-state index is -4.34. The second-order valence-electron chi connectivity index (χ2n) is 3.38. The first-order valence-electron chi connectivity index (χ1n) is 4.94. The quantitative estimate of drug-likeness (QED) is 0.888. The Morgan fingerprint density at radius 3 is 2.56 bits per heavy atom. The Kier molecular flexibility index (Phi) is 4.41. The summed E-state index contributed by atoms with van der Waals surface area (Å²) in [6.45, 7) is -0.642. The van der Waals surface area contributed by atoms with Crippen molar-refractivity contribution in [3.8, 4) is 11.5 Å². The van der Waals surface area contributed by atoms with E-state index in [1.54, 1.807) is 0 Å². The zero-order valence-corrected chi connectivity index (χ0v) is 9.45. The van der Waals surface area contributed by atoms with Gasteiger partial charge in [-0.2, -0.15) is 13.2 Å². The monoisotopic (exact) mass is 264 g/mol. The van der Waals surface area contributed by atoms with Gasteiger partial charge in [-0.3, -0.25) is 0 Å². The molecule has 0 spiro atoms. The van der Waals surface area contributed by atoms with Gasteiger partial charge in [0.25, 0.3) is 0 Å². The highest BCUT2D eigenvalue weighted by Crippen LogP contribution is 2.26. The van der Waals surface area contributed by atoms with Crippen LogP contribution in [0, 0.1) is 0 Å². The highest BCUT2D eigenvalue weighted by Gasteiger charge is 2.27. The lowest BCUT2D eigenvalue weighted by Crippen LogP contribution is -2.14. The van der Waals surface area contributed by atoms with E-state index in [2.05, 4.69) is 0 Å². The Morgan fingerprint density at radius 1 is 1.39 bits per heavy atom. The molecule has 1 N–H and O–H groups in total. The fraction of sp³-hybridized carbons (Fsp3) is 0.364. The summed E-state index contributed by atoms with van der Waals surface area (Å²) in [6.07, 6.45) is -5.49. The third-order valence-electron chi connectivity index (χ3n) is 2.06. The van der Waals surface area contributed by atoms with Gasteiger partial charge in [0, 0.05) is 6.07 Å². The predicted octanol–water partition coefficient (Wildman–Crippen LogP) is 2.72. The second-order valence-corrected chi connectivity index (χ2v) is 3.38. The largest absolute Gasteiger partial charge is 0.497 e. The molecule has 0 aliphatic carbocycles. The summed E-state index contributed by atoms with van der Waals surface area (Å²) >= 11 is 0. The molecule has 1 rings (SSSR count). The van der Waals surface area contributed by atoms with Gasteiger partial charge in [-0.05, 0) is 12.1 Å². The molecule has 18 heavy (non-hydrogen) atoms. The van der Waals surface area contributed by atoms with Crippen LogP contribution in [-0.2, 0) is 0 Å². The number of benzene rings is 1. The van der Waals surface area contributed by atoms with Crippen molar-refractivity contribution in [2.75, 3.05) is 13.7 Å². The van der Waals surface area contributed by atoms with Crippen LogP contribution in [0.3, 0.4) is 0 Å². The third kappa shape index (κ3) is 4.15. The molecule has 100 valence electrons. The van der Waals surface area contributed by atoms with Crippen molar-refractivity contribution in [1.29, 1.82) is 0 Å². The van der Waals surface area contributed by atoms with Crippen LogP contribution in [0.4, 0.5) is 13.2 Å². The smallest absolute Gasteiger partial charge is 0.392 e. The van der Waals surface area contributed by atoms with Gasteiger partial charge in [0.15, 0.2) is 0 Å². The molecule has 7 heteroatoms. The van der Waals surface area contributed by atoms with Gasteiger partial charge in [0.05, 0.1) is 20.1 Å². The van der Waals surface area contributed by atoms with Crippen LogP contribution in [0.25, 0.3) is 0 Å². The minimum Gasteiger partial charge on any atom is -0.497 e. The van der Waals surface area contributed by atoms with Gasteiger partial charge in [0.1, 0.15) is 17.1 Å². The number of methoxy groups -OCH3 is 1. The van der Waals surface area contributed by atoms with Crippen LogP contribution in [0.15, 0.2) is 18.2 Å². The van der Waals surface area contributed by atoms with Gasteiger partial charge < -0.3 is 14.6 Å². The molecule has 0 amide bonds. The van der Waals surface area contributed by atoms with Crippen LogP contribution in [-0.4, -0.2) is 31.0 Å². The summed E-state index contributed by atoms with van der Waals surface area (Å²) in [4.78, 5) is 10.8. The van der Waals surface area contributed by atoms with Crippen molar-refractivity contribution in [2.45, 2.75) is 12.6 Å². The van der Waals surface area contributed by atoms with Crippen molar-refractivity contribution >= 4 is 5.97 Å². The first kappa shape index (κ1) is 14.1. The zero-order chi connectivity index (χ0) is 13.8. The van der Waals surface area contributed by atoms with E-state index >= 15 is 0 Å². The molecule has 0 bridgehead atoms. The number of hydrogen-bond donors (Lipinski definition) is 1. The van der Waals surface area contributed by atoms with Crippen molar-refractivity contribution < 1.29 is 32.5 Å². The fourth-order valence-electron chi connectivity index (χ4n) is 1.20. The average molecular weight is 264 g/mol. The van der Waals surface area contributed by atoms with Crippen molar-refractivity contribution in [1.82, 2.24) is 0 Å². The molecule has 0 saturated heterocycles. The molecular weight excluding hydrogens is 253 g/mol. The van der Waals surface area contributed by atoms with Crippen LogP contribution in [0.2, 0.25) is 0 Å². The molecule has 0 saturated carbocycles. The first-order valence-corrected chi connectivity index (χ1v) is 4.94. The summed E-state index contributed by atoms with van der Waals surface area (Å²) < 4.78 is 45.5. The van der Waals surface area contributed by atoms with Gasteiger partial charge in [-0.1, -0.05) is 0 Å². The number of aromatic carboxylic acids is 1. The number of alkyl halides is 3. The molecular formula is C11H11F3O4. The van der Waals surface area contributed by atoms with Crippen LogP contribution >= 0.6 is 0 Å². The van der Waals surface area contributed by atoms with E-state index in [-0.39, 0.29) is 11.3 Å². The Balaban J connectivity index is 2.81. The lowest BCUT2D eigenvalue weighted by atomic mass is 10.2. The van der Waals surface area contributed by atoms with E-state index in [4.69, 9.17) is 14.6 Å².